The van der Waals surface area contributed by atoms with Crippen molar-refractivity contribution in [2.45, 2.75) is 31.8 Å². The first-order chi connectivity index (χ1) is 15.2. The van der Waals surface area contributed by atoms with Crippen LogP contribution in [0.25, 0.3) is 10.9 Å². The van der Waals surface area contributed by atoms with Gasteiger partial charge in [0.05, 0.1) is 16.5 Å². The molecular formula is C23H26N6O2S. The Kier molecular flexibility index (Phi) is 5.84. The first-order valence-electron chi connectivity index (χ1n) is 10.3. The quantitative estimate of drug-likeness (QED) is 0.427. The van der Waals surface area contributed by atoms with Crippen LogP contribution in [0.5, 0.6) is 0 Å². The van der Waals surface area contributed by atoms with Crippen molar-refractivity contribution >= 4 is 43.9 Å². The van der Waals surface area contributed by atoms with Crippen LogP contribution in [0.1, 0.15) is 25.1 Å². The van der Waals surface area contributed by atoms with Crippen molar-refractivity contribution in [3.8, 4) is 0 Å². The van der Waals surface area contributed by atoms with Crippen molar-refractivity contribution in [3.05, 3.63) is 66.0 Å². The number of aromatic amines is 1. The van der Waals surface area contributed by atoms with Crippen LogP contribution in [0.2, 0.25) is 0 Å². The van der Waals surface area contributed by atoms with E-state index >= 15 is 0 Å². The maximum absolute atomic E-state index is 12.1. The van der Waals surface area contributed by atoms with Crippen LogP contribution in [0.15, 0.2) is 54.7 Å². The molecule has 0 aliphatic heterocycles. The molecule has 166 valence electrons. The third-order valence-corrected chi connectivity index (χ3v) is 7.57. The Labute approximate surface area is 187 Å². The highest BCUT2D eigenvalue weighted by Gasteiger charge is 2.16. The van der Waals surface area contributed by atoms with E-state index in [0.717, 1.165) is 39.4 Å². The van der Waals surface area contributed by atoms with Gasteiger partial charge < -0.3 is 10.2 Å². The molecule has 0 saturated carbocycles. The molecule has 0 bridgehead atoms. The molecule has 4 rings (SSSR count). The van der Waals surface area contributed by atoms with Gasteiger partial charge in [-0.25, -0.2) is 13.4 Å². The molecule has 0 amide bonds. The molecule has 0 spiro atoms. The summed E-state index contributed by atoms with van der Waals surface area (Å²) in [6.45, 7) is 5.39. The van der Waals surface area contributed by atoms with E-state index in [9.17, 15) is 8.42 Å². The topological polar surface area (TPSA) is 104 Å². The number of hydrogen-bond acceptors (Lipinski definition) is 7. The summed E-state index contributed by atoms with van der Waals surface area (Å²) in [4.78, 5) is 10.9. The first-order valence-corrected chi connectivity index (χ1v) is 12.0. The van der Waals surface area contributed by atoms with E-state index in [0.29, 0.717) is 5.95 Å². The minimum absolute atomic E-state index is 0.0294. The van der Waals surface area contributed by atoms with Gasteiger partial charge in [0, 0.05) is 35.7 Å². The standard InChI is InChI=1S/C23H26N6O2S/c1-15(2)32(30,31)14-17-5-7-18(8-6-17)25-23-24-12-11-22(26-23)29(4)19-9-10-20-16(3)27-28-21(20)13-19/h5-13,15H,14H2,1-4H3,(H,27,28)(H,24,25,26). The molecule has 0 radical (unpaired) electrons. The summed E-state index contributed by atoms with van der Waals surface area (Å²) in [5.74, 6) is 1.21. The van der Waals surface area contributed by atoms with Crippen molar-refractivity contribution in [2.75, 3.05) is 17.3 Å². The minimum Gasteiger partial charge on any atom is -0.329 e. The van der Waals surface area contributed by atoms with E-state index in [4.69, 9.17) is 0 Å². The minimum atomic E-state index is -3.13. The van der Waals surface area contributed by atoms with Gasteiger partial charge in [-0.2, -0.15) is 10.1 Å². The van der Waals surface area contributed by atoms with Crippen molar-refractivity contribution in [1.29, 1.82) is 0 Å². The molecule has 2 aromatic heterocycles. The Hall–Kier alpha value is -3.46. The molecule has 2 N–H and O–H groups in total. The lowest BCUT2D eigenvalue weighted by atomic mass is 10.2. The van der Waals surface area contributed by atoms with Crippen LogP contribution in [0.3, 0.4) is 0 Å². The van der Waals surface area contributed by atoms with Crippen molar-refractivity contribution in [1.82, 2.24) is 20.2 Å². The summed E-state index contributed by atoms with van der Waals surface area (Å²) < 4.78 is 24.2. The van der Waals surface area contributed by atoms with Gasteiger partial charge in [0.2, 0.25) is 5.95 Å². The van der Waals surface area contributed by atoms with Gasteiger partial charge in [-0.15, -0.1) is 0 Å². The van der Waals surface area contributed by atoms with Gasteiger partial charge in [-0.3, -0.25) is 5.10 Å². The molecule has 2 aromatic carbocycles. The number of hydrogen-bond donors (Lipinski definition) is 2. The molecule has 0 saturated heterocycles. The van der Waals surface area contributed by atoms with E-state index in [1.165, 1.54) is 0 Å². The number of fused-ring (bicyclic) bond motifs is 1. The molecule has 0 fully saturated rings. The first kappa shape index (κ1) is 21.8. The van der Waals surface area contributed by atoms with Gasteiger partial charge in [0.15, 0.2) is 9.84 Å². The SMILES string of the molecule is Cc1[nH]nc2cc(N(C)c3ccnc(Nc4ccc(CS(=O)(=O)C(C)C)cc4)n3)ccc12. The predicted molar refractivity (Wildman–Crippen MR) is 128 cm³/mol. The average Bonchev–Trinajstić information content (AvgIpc) is 3.14. The zero-order chi connectivity index (χ0) is 22.9. The van der Waals surface area contributed by atoms with Crippen LogP contribution in [0, 0.1) is 6.92 Å². The molecule has 9 heteroatoms. The van der Waals surface area contributed by atoms with Crippen LogP contribution in [-0.4, -0.2) is 40.9 Å². The van der Waals surface area contributed by atoms with Crippen molar-refractivity contribution < 1.29 is 8.42 Å². The van der Waals surface area contributed by atoms with E-state index in [1.54, 1.807) is 32.2 Å². The second kappa shape index (κ2) is 8.58. The van der Waals surface area contributed by atoms with Gasteiger partial charge in [0.1, 0.15) is 5.82 Å². The highest BCUT2D eigenvalue weighted by Crippen LogP contribution is 2.27. The van der Waals surface area contributed by atoms with Crippen molar-refractivity contribution in [2.24, 2.45) is 0 Å². The Bertz CT molecular complexity index is 1350. The smallest absolute Gasteiger partial charge is 0.229 e. The molecule has 32 heavy (non-hydrogen) atoms. The summed E-state index contributed by atoms with van der Waals surface area (Å²) in [7, 11) is -1.19. The average molecular weight is 451 g/mol. The largest absolute Gasteiger partial charge is 0.329 e. The zero-order valence-corrected chi connectivity index (χ0v) is 19.3. The van der Waals surface area contributed by atoms with Crippen LogP contribution < -0.4 is 10.2 Å². The van der Waals surface area contributed by atoms with E-state index in [-0.39, 0.29) is 5.75 Å². The monoisotopic (exact) mass is 450 g/mol. The summed E-state index contributed by atoms with van der Waals surface area (Å²) in [6.07, 6.45) is 1.70. The fraction of sp³-hybridized carbons (Fsp3) is 0.261. The zero-order valence-electron chi connectivity index (χ0n) is 18.5. The Morgan fingerprint density at radius 3 is 2.56 bits per heavy atom. The maximum atomic E-state index is 12.1. The molecule has 2 heterocycles. The van der Waals surface area contributed by atoms with Crippen LogP contribution in [-0.2, 0) is 15.6 Å². The lowest BCUT2D eigenvalue weighted by molar-refractivity contribution is 0.586. The predicted octanol–water partition coefficient (Wildman–Crippen LogP) is 4.50. The summed E-state index contributed by atoms with van der Waals surface area (Å²) in [5.41, 5.74) is 4.44. The molecule has 4 aromatic rings. The lowest BCUT2D eigenvalue weighted by Crippen LogP contribution is -2.16. The summed E-state index contributed by atoms with van der Waals surface area (Å²) >= 11 is 0. The lowest BCUT2D eigenvalue weighted by Gasteiger charge is -2.19. The van der Waals surface area contributed by atoms with E-state index in [1.807, 2.05) is 55.3 Å². The van der Waals surface area contributed by atoms with Gasteiger partial charge in [-0.05, 0) is 62.7 Å². The number of nitrogens with zero attached hydrogens (tertiary/aromatic N) is 4. The third kappa shape index (κ3) is 4.57. The Morgan fingerprint density at radius 2 is 1.84 bits per heavy atom. The molecular weight excluding hydrogens is 424 g/mol. The summed E-state index contributed by atoms with van der Waals surface area (Å²) in [5, 5.41) is 11.2. The van der Waals surface area contributed by atoms with Gasteiger partial charge in [0.25, 0.3) is 0 Å². The molecule has 0 unspecified atom stereocenters. The Balaban J connectivity index is 1.50. The second-order valence-corrected chi connectivity index (χ2v) is 10.6. The highest BCUT2D eigenvalue weighted by atomic mass is 32.2. The van der Waals surface area contributed by atoms with E-state index in [2.05, 4.69) is 25.5 Å². The van der Waals surface area contributed by atoms with Crippen LogP contribution in [0.4, 0.5) is 23.1 Å². The normalized spacial score (nSPS) is 11.8. The third-order valence-electron chi connectivity index (χ3n) is 5.40. The highest BCUT2D eigenvalue weighted by molar-refractivity contribution is 7.91. The van der Waals surface area contributed by atoms with Crippen LogP contribution >= 0.6 is 0 Å². The fourth-order valence-electron chi connectivity index (χ4n) is 3.28. The number of benzene rings is 2. The number of anilines is 4. The summed E-state index contributed by atoms with van der Waals surface area (Å²) in [6, 6.07) is 15.2. The number of sulfone groups is 1. The number of rotatable bonds is 7. The number of H-pyrrole nitrogens is 1. The fourth-order valence-corrected chi connectivity index (χ4v) is 4.27. The van der Waals surface area contributed by atoms with Gasteiger partial charge in [-0.1, -0.05) is 12.1 Å². The molecule has 8 nitrogen and oxygen atoms in total. The van der Waals surface area contributed by atoms with Gasteiger partial charge >= 0.3 is 0 Å². The molecule has 0 aliphatic carbocycles. The number of aromatic nitrogens is 4. The molecule has 0 aliphatic rings. The van der Waals surface area contributed by atoms with Crippen molar-refractivity contribution in [3.63, 3.8) is 0 Å². The second-order valence-electron chi connectivity index (χ2n) is 8.03. The Morgan fingerprint density at radius 1 is 1.09 bits per heavy atom. The van der Waals surface area contributed by atoms with E-state index < -0.39 is 15.1 Å². The molecule has 0 atom stereocenters. The number of aryl methyl sites for hydroxylation is 1. The maximum Gasteiger partial charge on any atom is 0.229 e. The number of nitrogens with one attached hydrogen (secondary N) is 2.